The first kappa shape index (κ1) is 22.3. The fraction of sp³-hybridized carbons (Fsp3) is 0.316. The van der Waals surface area contributed by atoms with Crippen LogP contribution in [0.2, 0.25) is 0 Å². The zero-order valence-electron chi connectivity index (χ0n) is 16.9. The molecule has 1 aliphatic heterocycles. The molecule has 1 aliphatic rings. The number of hydrogen-bond donors (Lipinski definition) is 3. The van der Waals surface area contributed by atoms with Crippen molar-refractivity contribution >= 4 is 40.0 Å². The number of fused-ring (bicyclic) bond motifs is 2. The highest BCUT2D eigenvalue weighted by Gasteiger charge is 2.20. The van der Waals surface area contributed by atoms with Gasteiger partial charge in [-0.15, -0.1) is 6.42 Å². The summed E-state index contributed by atoms with van der Waals surface area (Å²) in [4.78, 5) is 13.8. The third kappa shape index (κ3) is 4.95. The van der Waals surface area contributed by atoms with Crippen LogP contribution in [0.4, 0.5) is 5.82 Å². The highest BCUT2D eigenvalue weighted by molar-refractivity contribution is 7.99. The molecule has 0 fully saturated rings. The minimum atomic E-state index is -2.28. The van der Waals surface area contributed by atoms with E-state index in [4.69, 9.17) is 21.6 Å². The summed E-state index contributed by atoms with van der Waals surface area (Å²) in [6.07, 6.45) is 7.12. The Morgan fingerprint density at radius 3 is 2.78 bits per heavy atom. The second-order valence-electron chi connectivity index (χ2n) is 6.59. The van der Waals surface area contributed by atoms with Gasteiger partial charge in [-0.25, -0.2) is 19.7 Å². The van der Waals surface area contributed by atoms with Crippen molar-refractivity contribution in [1.29, 1.82) is 0 Å². The van der Waals surface area contributed by atoms with Crippen molar-refractivity contribution < 1.29 is 18.2 Å². The highest BCUT2D eigenvalue weighted by atomic mass is 32.2. The van der Waals surface area contributed by atoms with Crippen LogP contribution in [-0.4, -0.2) is 61.1 Å². The molecule has 1 unspecified atom stereocenters. The Hall–Kier alpha value is -2.89. The van der Waals surface area contributed by atoms with E-state index in [1.54, 1.807) is 6.07 Å². The van der Waals surface area contributed by atoms with Crippen molar-refractivity contribution in [3.8, 4) is 23.8 Å². The van der Waals surface area contributed by atoms with Gasteiger partial charge < -0.3 is 29.6 Å². The van der Waals surface area contributed by atoms with E-state index in [0.29, 0.717) is 72.8 Å². The van der Waals surface area contributed by atoms with Crippen molar-refractivity contribution in [2.45, 2.75) is 16.6 Å². The first-order valence-electron chi connectivity index (χ1n) is 9.65. The van der Waals surface area contributed by atoms with Crippen LogP contribution in [0.3, 0.4) is 0 Å². The van der Waals surface area contributed by atoms with E-state index in [1.807, 2.05) is 10.6 Å². The number of nitrogens with one attached hydrogen (secondary N) is 2. The maximum atomic E-state index is 10.5. The van der Waals surface area contributed by atoms with E-state index in [0.717, 1.165) is 4.90 Å². The van der Waals surface area contributed by atoms with Crippen molar-refractivity contribution in [3.05, 3.63) is 24.0 Å². The molecule has 3 heterocycles. The summed E-state index contributed by atoms with van der Waals surface area (Å²) >= 11 is -0.904. The van der Waals surface area contributed by atoms with Crippen LogP contribution < -0.4 is 25.2 Å². The fourth-order valence-corrected chi connectivity index (χ4v) is 4.40. The summed E-state index contributed by atoms with van der Waals surface area (Å²) in [5, 5.41) is 3.82. The predicted octanol–water partition coefficient (Wildman–Crippen LogP) is 0.286. The molecule has 1 aromatic carbocycles. The van der Waals surface area contributed by atoms with Crippen LogP contribution in [0, 0.1) is 12.3 Å². The number of terminal acetylenes is 1. The lowest BCUT2D eigenvalue weighted by molar-refractivity contribution is 0.171. The van der Waals surface area contributed by atoms with Gasteiger partial charge in [0.15, 0.2) is 33.6 Å². The highest BCUT2D eigenvalue weighted by Crippen LogP contribution is 2.40. The number of nitrogen functional groups attached to an aromatic ring is 1. The van der Waals surface area contributed by atoms with Gasteiger partial charge in [0.1, 0.15) is 19.5 Å². The number of imidazole rings is 1. The van der Waals surface area contributed by atoms with Crippen LogP contribution in [0.15, 0.2) is 28.5 Å². The van der Waals surface area contributed by atoms with Gasteiger partial charge in [-0.3, -0.25) is 4.21 Å². The van der Waals surface area contributed by atoms with Crippen LogP contribution in [0.1, 0.15) is 5.56 Å². The molecule has 0 amide bonds. The summed E-state index contributed by atoms with van der Waals surface area (Å²) in [7, 11) is 0. The van der Waals surface area contributed by atoms with Gasteiger partial charge in [-0.05, 0) is 6.07 Å². The number of nitrogens with two attached hydrogens (primary N) is 1. The molecule has 4 N–H and O–H groups in total. The quantitative estimate of drug-likeness (QED) is 0.224. The van der Waals surface area contributed by atoms with Gasteiger partial charge in [0.05, 0.1) is 0 Å². The van der Waals surface area contributed by atoms with Crippen LogP contribution in [0.5, 0.6) is 11.5 Å². The van der Waals surface area contributed by atoms with Crippen molar-refractivity contribution in [2.24, 2.45) is 0 Å². The summed E-state index contributed by atoms with van der Waals surface area (Å²) in [6.45, 7) is 2.79. The molecule has 0 bridgehead atoms. The normalized spacial score (nSPS) is 13.8. The number of benzene rings is 1. The van der Waals surface area contributed by atoms with Gasteiger partial charge in [0, 0.05) is 54.0 Å². The minimum absolute atomic E-state index is 0.282. The number of ether oxygens (including phenoxy) is 2. The first-order valence-corrected chi connectivity index (χ1v) is 11.5. The molecule has 11 nitrogen and oxygen atoms in total. The van der Waals surface area contributed by atoms with E-state index in [9.17, 15) is 8.76 Å². The molecular weight excluding hydrogens is 454 g/mol. The van der Waals surface area contributed by atoms with E-state index in [-0.39, 0.29) is 5.82 Å². The monoisotopic (exact) mass is 474 g/mol. The SMILES string of the molecule is C#Cc1cc2c(cc1Sc1nc3c(N)ncnc3n1CCNCCNS(=O)[O-])OCCO2. The van der Waals surface area contributed by atoms with Gasteiger partial charge in [-0.2, -0.15) is 0 Å². The molecule has 3 aromatic rings. The van der Waals surface area contributed by atoms with Crippen LogP contribution in [-0.2, 0) is 17.8 Å². The molecule has 168 valence electrons. The average Bonchev–Trinajstić information content (AvgIpc) is 3.14. The van der Waals surface area contributed by atoms with Crippen molar-refractivity contribution in [3.63, 3.8) is 0 Å². The molecule has 13 heteroatoms. The number of rotatable bonds is 9. The molecule has 0 saturated carbocycles. The van der Waals surface area contributed by atoms with Gasteiger partial charge in [-0.1, -0.05) is 17.7 Å². The van der Waals surface area contributed by atoms with Crippen LogP contribution in [0.25, 0.3) is 11.2 Å². The lowest BCUT2D eigenvalue weighted by Gasteiger charge is -2.20. The second kappa shape index (κ2) is 10.2. The summed E-state index contributed by atoms with van der Waals surface area (Å²) in [6, 6.07) is 3.63. The van der Waals surface area contributed by atoms with Crippen LogP contribution >= 0.6 is 11.8 Å². The average molecular weight is 475 g/mol. The molecule has 0 radical (unpaired) electrons. The Bertz CT molecular complexity index is 1190. The largest absolute Gasteiger partial charge is 0.760 e. The molecular formula is C19H20N7O4S2-. The third-order valence-corrected chi connectivity index (χ3v) is 6.05. The molecule has 0 aliphatic carbocycles. The number of nitrogens with zero attached hydrogens (tertiary/aromatic N) is 4. The zero-order valence-corrected chi connectivity index (χ0v) is 18.5. The fourth-order valence-electron chi connectivity index (χ4n) is 3.12. The van der Waals surface area contributed by atoms with Crippen molar-refractivity contribution in [1.82, 2.24) is 29.6 Å². The molecule has 0 saturated heterocycles. The molecule has 1 atom stereocenters. The Morgan fingerprint density at radius 2 is 2.03 bits per heavy atom. The summed E-state index contributed by atoms with van der Waals surface area (Å²) < 4.78 is 36.6. The Morgan fingerprint density at radius 1 is 1.25 bits per heavy atom. The standard InChI is InChI=1S/C19H21N7O4S2/c1-2-12-9-13-14(30-8-7-29-13)10-15(12)31-19-25-16-17(20)22-11-23-18(16)26(19)6-5-21-3-4-24-32(27)28/h1,9-11,21,24H,3-8H2,(H,27,28)(H2,20,22,23)/p-1. The van der Waals surface area contributed by atoms with E-state index < -0.39 is 11.3 Å². The van der Waals surface area contributed by atoms with E-state index in [2.05, 4.69) is 30.9 Å². The third-order valence-electron chi connectivity index (χ3n) is 4.56. The predicted molar refractivity (Wildman–Crippen MR) is 119 cm³/mol. The zero-order chi connectivity index (χ0) is 22.5. The minimum Gasteiger partial charge on any atom is -0.760 e. The van der Waals surface area contributed by atoms with E-state index >= 15 is 0 Å². The molecule has 4 rings (SSSR count). The Balaban J connectivity index is 1.60. The summed E-state index contributed by atoms with van der Waals surface area (Å²) in [5.41, 5.74) is 7.77. The van der Waals surface area contributed by atoms with Gasteiger partial charge in [0.25, 0.3) is 0 Å². The Labute approximate surface area is 190 Å². The Kier molecular flexibility index (Phi) is 7.08. The van der Waals surface area contributed by atoms with E-state index in [1.165, 1.54) is 18.1 Å². The molecule has 32 heavy (non-hydrogen) atoms. The maximum absolute atomic E-state index is 10.5. The lowest BCUT2D eigenvalue weighted by atomic mass is 10.2. The first-order chi connectivity index (χ1) is 15.6. The second-order valence-corrected chi connectivity index (χ2v) is 8.36. The molecule has 0 spiro atoms. The smallest absolute Gasteiger partial charge is 0.175 e. The van der Waals surface area contributed by atoms with Gasteiger partial charge >= 0.3 is 0 Å². The summed E-state index contributed by atoms with van der Waals surface area (Å²) in [5.74, 6) is 4.22. The maximum Gasteiger partial charge on any atom is 0.175 e. The number of anilines is 1. The number of aromatic nitrogens is 4. The topological polar surface area (TPSA) is 152 Å². The van der Waals surface area contributed by atoms with Crippen molar-refractivity contribution in [2.75, 3.05) is 38.6 Å². The van der Waals surface area contributed by atoms with Gasteiger partial charge in [0.2, 0.25) is 0 Å². The number of hydrogen-bond acceptors (Lipinski definition) is 10. The molecule has 2 aromatic heterocycles. The lowest BCUT2D eigenvalue weighted by Crippen LogP contribution is -2.30.